The summed E-state index contributed by atoms with van der Waals surface area (Å²) < 4.78 is 0. The summed E-state index contributed by atoms with van der Waals surface area (Å²) in [5, 5.41) is 11.7. The van der Waals surface area contributed by atoms with E-state index in [-0.39, 0.29) is 11.8 Å². The van der Waals surface area contributed by atoms with Crippen LogP contribution in [0.1, 0.15) is 27.2 Å². The second kappa shape index (κ2) is 6.79. The van der Waals surface area contributed by atoms with Gasteiger partial charge in [0.15, 0.2) is 0 Å². The van der Waals surface area contributed by atoms with E-state index in [1.165, 1.54) is 0 Å². The van der Waals surface area contributed by atoms with Crippen molar-refractivity contribution >= 4 is 5.91 Å². The van der Waals surface area contributed by atoms with Crippen molar-refractivity contribution < 1.29 is 9.90 Å². The maximum absolute atomic E-state index is 11.5. The summed E-state index contributed by atoms with van der Waals surface area (Å²) in [4.78, 5) is 11.5. The average Bonchev–Trinajstić information content (AvgIpc) is 2.09. The number of aliphatic hydroxyl groups excluding tert-OH is 1. The van der Waals surface area contributed by atoms with Crippen LogP contribution >= 0.6 is 0 Å². The van der Waals surface area contributed by atoms with Crippen LogP contribution in [0.4, 0.5) is 0 Å². The highest BCUT2D eigenvalue weighted by atomic mass is 16.3. The molecule has 0 fully saturated rings. The van der Waals surface area contributed by atoms with Crippen molar-refractivity contribution in [2.75, 3.05) is 13.1 Å². The molecule has 2 atom stereocenters. The number of carbonyl (C=O) groups is 1. The number of aliphatic hydroxyl groups is 1. The lowest BCUT2D eigenvalue weighted by atomic mass is 9.96. The Bertz CT molecular complexity index is 170. The molecule has 0 aliphatic heterocycles. The predicted molar refractivity (Wildman–Crippen MR) is 56.7 cm³/mol. The Balaban J connectivity index is 3.92. The van der Waals surface area contributed by atoms with E-state index >= 15 is 0 Å². The molecule has 0 aromatic heterocycles. The van der Waals surface area contributed by atoms with Gasteiger partial charge in [0.1, 0.15) is 0 Å². The van der Waals surface area contributed by atoms with E-state index in [2.05, 4.69) is 19.2 Å². The molecule has 0 bridgehead atoms. The summed E-state index contributed by atoms with van der Waals surface area (Å²) in [6, 6.07) is 0. The topological polar surface area (TPSA) is 75.4 Å². The smallest absolute Gasteiger partial charge is 0.224 e. The lowest BCUT2D eigenvalue weighted by molar-refractivity contribution is -0.125. The van der Waals surface area contributed by atoms with E-state index in [0.717, 1.165) is 6.42 Å². The van der Waals surface area contributed by atoms with Crippen molar-refractivity contribution in [2.24, 2.45) is 17.6 Å². The van der Waals surface area contributed by atoms with Gasteiger partial charge in [-0.3, -0.25) is 4.79 Å². The number of nitrogens with two attached hydrogens (primary N) is 1. The van der Waals surface area contributed by atoms with Gasteiger partial charge in [0, 0.05) is 13.1 Å². The van der Waals surface area contributed by atoms with Crippen LogP contribution in [0.2, 0.25) is 0 Å². The molecule has 4 nitrogen and oxygen atoms in total. The number of carbonyl (C=O) groups excluding carboxylic acids is 1. The highest BCUT2D eigenvalue weighted by Crippen LogP contribution is 2.10. The standard InChI is InChI=1S/C10H22N2O2/c1-7(2)4-9(5-11)10(14)12-6-8(3)13/h7-9,13H,4-6,11H2,1-3H3,(H,12,14). The Kier molecular flexibility index (Phi) is 6.49. The molecule has 0 aromatic rings. The van der Waals surface area contributed by atoms with Crippen molar-refractivity contribution in [3.63, 3.8) is 0 Å². The normalized spacial score (nSPS) is 15.3. The monoisotopic (exact) mass is 202 g/mol. The van der Waals surface area contributed by atoms with Gasteiger partial charge in [-0.05, 0) is 19.3 Å². The van der Waals surface area contributed by atoms with E-state index in [9.17, 15) is 4.79 Å². The van der Waals surface area contributed by atoms with Gasteiger partial charge < -0.3 is 16.2 Å². The molecule has 2 unspecified atom stereocenters. The molecule has 0 radical (unpaired) electrons. The second-order valence-corrected chi connectivity index (χ2v) is 4.16. The van der Waals surface area contributed by atoms with Crippen LogP contribution < -0.4 is 11.1 Å². The molecule has 0 spiro atoms. The molecule has 4 heteroatoms. The van der Waals surface area contributed by atoms with Crippen LogP contribution in [0, 0.1) is 11.8 Å². The molecule has 0 heterocycles. The van der Waals surface area contributed by atoms with E-state index in [1.807, 2.05) is 0 Å². The summed E-state index contributed by atoms with van der Waals surface area (Å²) in [7, 11) is 0. The minimum atomic E-state index is -0.503. The number of nitrogens with one attached hydrogen (secondary N) is 1. The van der Waals surface area contributed by atoms with Crippen LogP contribution in [0.25, 0.3) is 0 Å². The van der Waals surface area contributed by atoms with Gasteiger partial charge in [0.05, 0.1) is 12.0 Å². The molecular formula is C10H22N2O2. The van der Waals surface area contributed by atoms with Crippen molar-refractivity contribution in [1.82, 2.24) is 5.32 Å². The zero-order valence-electron chi connectivity index (χ0n) is 9.29. The summed E-state index contributed by atoms with van der Waals surface area (Å²) in [6.45, 7) is 6.42. The second-order valence-electron chi connectivity index (χ2n) is 4.16. The third-order valence-corrected chi connectivity index (χ3v) is 1.98. The van der Waals surface area contributed by atoms with Crippen LogP contribution in [0.3, 0.4) is 0 Å². The quantitative estimate of drug-likeness (QED) is 0.572. The zero-order chi connectivity index (χ0) is 11.1. The van der Waals surface area contributed by atoms with Crippen LogP contribution in [0.15, 0.2) is 0 Å². The van der Waals surface area contributed by atoms with Gasteiger partial charge in [-0.25, -0.2) is 0 Å². The SMILES string of the molecule is CC(C)CC(CN)C(=O)NCC(C)O. The molecular weight excluding hydrogens is 180 g/mol. The molecule has 4 N–H and O–H groups in total. The van der Waals surface area contributed by atoms with E-state index < -0.39 is 6.10 Å². The molecule has 0 rings (SSSR count). The first-order valence-electron chi connectivity index (χ1n) is 5.13. The summed E-state index contributed by atoms with van der Waals surface area (Å²) in [5.74, 6) is 0.275. The van der Waals surface area contributed by atoms with E-state index in [4.69, 9.17) is 10.8 Å². The maximum Gasteiger partial charge on any atom is 0.224 e. The minimum absolute atomic E-state index is 0.0536. The third kappa shape index (κ3) is 5.94. The molecule has 0 aliphatic carbocycles. The molecule has 0 aromatic carbocycles. The first-order chi connectivity index (χ1) is 6.47. The molecule has 0 aliphatic rings. The first-order valence-corrected chi connectivity index (χ1v) is 5.13. The van der Waals surface area contributed by atoms with Gasteiger partial charge in [-0.2, -0.15) is 0 Å². The highest BCUT2D eigenvalue weighted by Gasteiger charge is 2.17. The lowest BCUT2D eigenvalue weighted by Crippen LogP contribution is -2.38. The summed E-state index contributed by atoms with van der Waals surface area (Å²) in [5.41, 5.74) is 5.51. The van der Waals surface area contributed by atoms with Gasteiger partial charge in [0.2, 0.25) is 5.91 Å². The van der Waals surface area contributed by atoms with Crippen molar-refractivity contribution in [2.45, 2.75) is 33.3 Å². The fourth-order valence-electron chi connectivity index (χ4n) is 1.27. The van der Waals surface area contributed by atoms with Crippen molar-refractivity contribution in [3.05, 3.63) is 0 Å². The van der Waals surface area contributed by atoms with Gasteiger partial charge >= 0.3 is 0 Å². The van der Waals surface area contributed by atoms with E-state index in [0.29, 0.717) is 19.0 Å². The Morgan fingerprint density at radius 3 is 2.36 bits per heavy atom. The molecule has 84 valence electrons. The van der Waals surface area contributed by atoms with Gasteiger partial charge in [-0.1, -0.05) is 13.8 Å². The van der Waals surface area contributed by atoms with Crippen LogP contribution in [0.5, 0.6) is 0 Å². The van der Waals surface area contributed by atoms with Gasteiger partial charge in [-0.15, -0.1) is 0 Å². The van der Waals surface area contributed by atoms with Crippen molar-refractivity contribution in [1.29, 1.82) is 0 Å². The molecule has 1 amide bonds. The molecule has 0 saturated carbocycles. The Hall–Kier alpha value is -0.610. The Labute approximate surface area is 85.9 Å². The summed E-state index contributed by atoms with van der Waals surface area (Å²) in [6.07, 6.45) is 0.290. The number of amides is 1. The third-order valence-electron chi connectivity index (χ3n) is 1.98. The van der Waals surface area contributed by atoms with Crippen molar-refractivity contribution in [3.8, 4) is 0 Å². The number of rotatable bonds is 6. The zero-order valence-corrected chi connectivity index (χ0v) is 9.29. The molecule has 14 heavy (non-hydrogen) atoms. The number of hydrogen-bond acceptors (Lipinski definition) is 3. The first kappa shape index (κ1) is 13.4. The Morgan fingerprint density at radius 2 is 2.00 bits per heavy atom. The summed E-state index contributed by atoms with van der Waals surface area (Å²) >= 11 is 0. The average molecular weight is 202 g/mol. The maximum atomic E-state index is 11.5. The van der Waals surface area contributed by atoms with Gasteiger partial charge in [0.25, 0.3) is 0 Å². The number of hydrogen-bond donors (Lipinski definition) is 3. The molecule has 0 saturated heterocycles. The predicted octanol–water partition coefficient (Wildman–Crippen LogP) is 0.104. The largest absolute Gasteiger partial charge is 0.392 e. The fourth-order valence-corrected chi connectivity index (χ4v) is 1.27. The van der Waals surface area contributed by atoms with Crippen LogP contribution in [-0.2, 0) is 4.79 Å². The fraction of sp³-hybridized carbons (Fsp3) is 0.900. The lowest BCUT2D eigenvalue weighted by Gasteiger charge is -2.17. The van der Waals surface area contributed by atoms with E-state index in [1.54, 1.807) is 6.92 Å². The minimum Gasteiger partial charge on any atom is -0.392 e. The Morgan fingerprint density at radius 1 is 1.43 bits per heavy atom. The van der Waals surface area contributed by atoms with Crippen LogP contribution in [-0.4, -0.2) is 30.2 Å². The highest BCUT2D eigenvalue weighted by molar-refractivity contribution is 5.78.